The van der Waals surface area contributed by atoms with Crippen LogP contribution in [0.2, 0.25) is 0 Å². The number of aromatic nitrogens is 1. The van der Waals surface area contributed by atoms with Gasteiger partial charge in [0.2, 0.25) is 16.8 Å². The Morgan fingerprint density at radius 2 is 2.08 bits per heavy atom. The summed E-state index contributed by atoms with van der Waals surface area (Å²) in [5, 5.41) is 2.70. The fraction of sp³-hybridized carbons (Fsp3) is 0.294. The third-order valence-electron chi connectivity index (χ3n) is 3.84. The van der Waals surface area contributed by atoms with Gasteiger partial charge in [0, 0.05) is 32.0 Å². The van der Waals surface area contributed by atoms with Gasteiger partial charge in [0.05, 0.1) is 11.8 Å². The first kappa shape index (κ1) is 18.2. The number of fused-ring (bicyclic) bond motifs is 1. The third-order valence-corrected chi connectivity index (χ3v) is 5.09. The molecule has 0 atom stereocenters. The number of carbonyl (C=O) groups is 1. The van der Waals surface area contributed by atoms with E-state index in [1.807, 2.05) is 0 Å². The molecule has 2 aromatic rings. The lowest BCUT2D eigenvalue weighted by Gasteiger charge is -2.20. The highest BCUT2D eigenvalue weighted by atomic mass is 32.2. The fourth-order valence-electron chi connectivity index (χ4n) is 2.50. The molecule has 9 heteroatoms. The van der Waals surface area contributed by atoms with Crippen LogP contribution in [0.3, 0.4) is 0 Å². The van der Waals surface area contributed by atoms with Crippen molar-refractivity contribution in [2.75, 3.05) is 26.1 Å². The molecule has 0 spiro atoms. The zero-order chi connectivity index (χ0) is 18.6. The lowest BCUT2D eigenvalue weighted by molar-refractivity contribution is 0.0951. The molecule has 0 saturated heterocycles. The Morgan fingerprint density at radius 1 is 1.27 bits per heavy atom. The molecule has 1 aromatic heterocycles. The lowest BCUT2D eigenvalue weighted by Crippen LogP contribution is -2.37. The SMILES string of the molecule is CS(=O)(=O)N(CCNC(=O)c1cccnc1)Cc1ccc2c(c1)OCO2. The molecule has 138 valence electrons. The number of carbonyl (C=O) groups excluding carboxylic acids is 1. The van der Waals surface area contributed by atoms with Crippen LogP contribution in [-0.4, -0.2) is 49.8 Å². The molecule has 0 unspecified atom stereocenters. The van der Waals surface area contributed by atoms with Crippen molar-refractivity contribution >= 4 is 15.9 Å². The van der Waals surface area contributed by atoms with Crippen LogP contribution in [-0.2, 0) is 16.6 Å². The van der Waals surface area contributed by atoms with E-state index in [1.54, 1.807) is 36.5 Å². The molecule has 2 heterocycles. The van der Waals surface area contributed by atoms with Crippen LogP contribution in [0, 0.1) is 0 Å². The minimum atomic E-state index is -3.44. The number of benzene rings is 1. The van der Waals surface area contributed by atoms with Crippen molar-refractivity contribution in [2.45, 2.75) is 6.54 Å². The number of hydrogen-bond donors (Lipinski definition) is 1. The van der Waals surface area contributed by atoms with Gasteiger partial charge in [-0.1, -0.05) is 6.07 Å². The van der Waals surface area contributed by atoms with Crippen LogP contribution < -0.4 is 14.8 Å². The summed E-state index contributed by atoms with van der Waals surface area (Å²) in [6, 6.07) is 8.61. The average Bonchev–Trinajstić information content (AvgIpc) is 3.08. The molecule has 8 nitrogen and oxygen atoms in total. The number of sulfonamides is 1. The predicted molar refractivity (Wildman–Crippen MR) is 94.4 cm³/mol. The summed E-state index contributed by atoms with van der Waals surface area (Å²) >= 11 is 0. The van der Waals surface area contributed by atoms with Gasteiger partial charge in [-0.3, -0.25) is 9.78 Å². The van der Waals surface area contributed by atoms with E-state index in [2.05, 4.69) is 10.3 Å². The van der Waals surface area contributed by atoms with Crippen LogP contribution in [0.25, 0.3) is 0 Å². The molecule has 0 bridgehead atoms. The minimum absolute atomic E-state index is 0.152. The van der Waals surface area contributed by atoms with Crippen LogP contribution in [0.4, 0.5) is 0 Å². The van der Waals surface area contributed by atoms with Gasteiger partial charge in [-0.2, -0.15) is 4.31 Å². The van der Waals surface area contributed by atoms with E-state index in [0.29, 0.717) is 17.1 Å². The molecule has 0 aliphatic carbocycles. The third kappa shape index (κ3) is 4.50. The van der Waals surface area contributed by atoms with Crippen LogP contribution in [0.15, 0.2) is 42.7 Å². The Kier molecular flexibility index (Phi) is 5.38. The van der Waals surface area contributed by atoms with E-state index < -0.39 is 10.0 Å². The molecular weight excluding hydrogens is 358 g/mol. The highest BCUT2D eigenvalue weighted by Gasteiger charge is 2.19. The van der Waals surface area contributed by atoms with E-state index >= 15 is 0 Å². The van der Waals surface area contributed by atoms with E-state index in [0.717, 1.165) is 11.8 Å². The minimum Gasteiger partial charge on any atom is -0.454 e. The molecule has 0 fully saturated rings. The largest absolute Gasteiger partial charge is 0.454 e. The first-order chi connectivity index (χ1) is 12.4. The maximum atomic E-state index is 12.1. The summed E-state index contributed by atoms with van der Waals surface area (Å²) in [5.74, 6) is 0.943. The molecular formula is C17H19N3O5S. The Labute approximate surface area is 151 Å². The summed E-state index contributed by atoms with van der Waals surface area (Å²) < 4.78 is 36.0. The van der Waals surface area contributed by atoms with E-state index in [-0.39, 0.29) is 32.3 Å². The van der Waals surface area contributed by atoms with Crippen molar-refractivity contribution in [1.82, 2.24) is 14.6 Å². The van der Waals surface area contributed by atoms with Crippen LogP contribution >= 0.6 is 0 Å². The molecule has 26 heavy (non-hydrogen) atoms. The van der Waals surface area contributed by atoms with Gasteiger partial charge in [-0.05, 0) is 29.8 Å². The summed E-state index contributed by atoms with van der Waals surface area (Å²) in [6.45, 7) is 0.678. The van der Waals surface area contributed by atoms with Crippen LogP contribution in [0.5, 0.6) is 11.5 Å². The summed E-state index contributed by atoms with van der Waals surface area (Å²) in [4.78, 5) is 15.9. The Morgan fingerprint density at radius 3 is 2.81 bits per heavy atom. The van der Waals surface area contributed by atoms with Crippen molar-refractivity contribution in [3.05, 3.63) is 53.9 Å². The Balaban J connectivity index is 1.61. The van der Waals surface area contributed by atoms with Crippen molar-refractivity contribution in [3.63, 3.8) is 0 Å². The van der Waals surface area contributed by atoms with Gasteiger partial charge in [0.15, 0.2) is 11.5 Å². The topological polar surface area (TPSA) is 97.8 Å². The summed E-state index contributed by atoms with van der Waals surface area (Å²) in [6.07, 6.45) is 4.17. The van der Waals surface area contributed by atoms with Gasteiger partial charge in [0.25, 0.3) is 5.91 Å². The number of rotatable bonds is 7. The first-order valence-corrected chi connectivity index (χ1v) is 9.80. The Bertz CT molecular complexity index is 887. The number of pyridine rings is 1. The Hall–Kier alpha value is -2.65. The number of nitrogens with zero attached hydrogens (tertiary/aromatic N) is 2. The predicted octanol–water partition coefficient (Wildman–Crippen LogP) is 1.00. The number of nitrogens with one attached hydrogen (secondary N) is 1. The van der Waals surface area contributed by atoms with Crippen molar-refractivity contribution in [2.24, 2.45) is 0 Å². The summed E-state index contributed by atoms with van der Waals surface area (Å²) in [5.41, 5.74) is 1.20. The second-order valence-electron chi connectivity index (χ2n) is 5.78. The van der Waals surface area contributed by atoms with Gasteiger partial charge < -0.3 is 14.8 Å². The van der Waals surface area contributed by atoms with E-state index in [4.69, 9.17) is 9.47 Å². The monoisotopic (exact) mass is 377 g/mol. The van der Waals surface area contributed by atoms with Crippen molar-refractivity contribution in [1.29, 1.82) is 0 Å². The quantitative estimate of drug-likeness (QED) is 0.773. The van der Waals surface area contributed by atoms with Crippen molar-refractivity contribution in [3.8, 4) is 11.5 Å². The second-order valence-corrected chi connectivity index (χ2v) is 7.76. The van der Waals surface area contributed by atoms with E-state index in [1.165, 1.54) is 10.5 Å². The van der Waals surface area contributed by atoms with Crippen molar-refractivity contribution < 1.29 is 22.7 Å². The smallest absolute Gasteiger partial charge is 0.252 e. The maximum Gasteiger partial charge on any atom is 0.252 e. The molecule has 3 rings (SSSR count). The molecule has 1 N–H and O–H groups in total. The highest BCUT2D eigenvalue weighted by Crippen LogP contribution is 2.32. The molecule has 1 aromatic carbocycles. The molecule has 0 saturated carbocycles. The normalized spacial score (nSPS) is 13.0. The second kappa shape index (κ2) is 7.71. The highest BCUT2D eigenvalue weighted by molar-refractivity contribution is 7.88. The molecule has 1 amide bonds. The molecule has 1 aliphatic heterocycles. The molecule has 0 radical (unpaired) electrons. The number of hydrogen-bond acceptors (Lipinski definition) is 6. The zero-order valence-electron chi connectivity index (χ0n) is 14.2. The first-order valence-electron chi connectivity index (χ1n) is 7.95. The average molecular weight is 377 g/mol. The van der Waals surface area contributed by atoms with Gasteiger partial charge in [-0.25, -0.2) is 8.42 Å². The zero-order valence-corrected chi connectivity index (χ0v) is 15.0. The standard InChI is InChI=1S/C17H19N3O5S/c1-26(22,23)20(8-7-19-17(21)14-3-2-6-18-10-14)11-13-4-5-15-16(9-13)25-12-24-15/h2-6,9-10H,7-8,11-12H2,1H3,(H,19,21). The number of ether oxygens (including phenoxy) is 2. The van der Waals surface area contributed by atoms with Gasteiger partial charge >= 0.3 is 0 Å². The van der Waals surface area contributed by atoms with Gasteiger partial charge in [-0.15, -0.1) is 0 Å². The maximum absolute atomic E-state index is 12.1. The van der Waals surface area contributed by atoms with Gasteiger partial charge in [0.1, 0.15) is 0 Å². The van der Waals surface area contributed by atoms with Crippen LogP contribution in [0.1, 0.15) is 15.9 Å². The molecule has 1 aliphatic rings. The lowest BCUT2D eigenvalue weighted by atomic mass is 10.2. The fourth-order valence-corrected chi connectivity index (χ4v) is 3.30. The van der Waals surface area contributed by atoms with E-state index in [9.17, 15) is 13.2 Å². The summed E-state index contributed by atoms with van der Waals surface area (Å²) in [7, 11) is -3.44. The number of amides is 1.